The third-order valence-corrected chi connectivity index (χ3v) is 4.72. The highest BCUT2D eigenvalue weighted by Crippen LogP contribution is 2.49. The molecule has 0 bridgehead atoms. The summed E-state index contributed by atoms with van der Waals surface area (Å²) in [5.74, 6) is 2.02. The Morgan fingerprint density at radius 3 is 2.38 bits per heavy atom. The van der Waals surface area contributed by atoms with E-state index in [1.54, 1.807) is 0 Å². The van der Waals surface area contributed by atoms with Gasteiger partial charge in [0.1, 0.15) is 0 Å². The van der Waals surface area contributed by atoms with E-state index >= 15 is 0 Å². The van der Waals surface area contributed by atoms with Crippen LogP contribution in [-0.2, 0) is 0 Å². The minimum Gasteiger partial charge on any atom is -0.113 e. The Morgan fingerprint density at radius 2 is 1.88 bits per heavy atom. The first-order chi connectivity index (χ1) is 7.47. The van der Waals surface area contributed by atoms with Crippen molar-refractivity contribution in [1.82, 2.24) is 0 Å². The van der Waals surface area contributed by atoms with E-state index in [0.29, 0.717) is 11.8 Å². The van der Waals surface area contributed by atoms with E-state index in [-0.39, 0.29) is 0 Å². The normalized spacial score (nSPS) is 30.0. The van der Waals surface area contributed by atoms with Gasteiger partial charge in [-0.15, -0.1) is 11.6 Å². The summed E-state index contributed by atoms with van der Waals surface area (Å²) >= 11 is 13.1. The monoisotopic (exact) mass is 259 g/mol. The molecule has 3 unspecified atom stereocenters. The van der Waals surface area contributed by atoms with Gasteiger partial charge in [0.15, 0.2) is 0 Å². The van der Waals surface area contributed by atoms with E-state index in [1.165, 1.54) is 5.92 Å². The van der Waals surface area contributed by atoms with Gasteiger partial charge in [-0.25, -0.2) is 0 Å². The summed E-state index contributed by atoms with van der Waals surface area (Å²) in [5.41, 5.74) is 0. The first kappa shape index (κ1) is 14.1. The Morgan fingerprint density at radius 1 is 1.25 bits per heavy atom. The van der Waals surface area contributed by atoms with Gasteiger partial charge in [-0.3, -0.25) is 0 Å². The molecule has 2 heteroatoms. The van der Waals surface area contributed by atoms with Crippen molar-refractivity contribution in [2.75, 3.05) is 0 Å². The topological polar surface area (TPSA) is 0 Å². The fraction of sp³-hybridized carbons (Fsp3) is 0.643. The molecule has 91 valence electrons. The maximum Gasteiger partial charge on any atom is 0.0771 e. The first-order valence-electron chi connectivity index (χ1n) is 6.08. The predicted octanol–water partition coefficient (Wildman–Crippen LogP) is 5.32. The zero-order valence-electron chi connectivity index (χ0n) is 10.6. The Hall–Kier alpha value is 0.0600. The van der Waals surface area contributed by atoms with Crippen molar-refractivity contribution >= 4 is 23.2 Å². The third-order valence-electron chi connectivity index (χ3n) is 3.69. The van der Waals surface area contributed by atoms with Gasteiger partial charge in [0.05, 0.1) is 4.87 Å². The summed E-state index contributed by atoms with van der Waals surface area (Å²) in [6.07, 6.45) is 8.14. The largest absolute Gasteiger partial charge is 0.113 e. The molecule has 3 atom stereocenters. The second-order valence-corrected chi connectivity index (χ2v) is 5.71. The molecule has 0 aromatic rings. The molecule has 0 nitrogen and oxygen atoms in total. The van der Waals surface area contributed by atoms with Gasteiger partial charge in [0, 0.05) is 11.0 Å². The molecule has 0 spiro atoms. The van der Waals surface area contributed by atoms with Crippen LogP contribution in [0.15, 0.2) is 23.3 Å². The molecular formula is C14H21Cl2. The minimum atomic E-state index is -0.393. The van der Waals surface area contributed by atoms with Crippen molar-refractivity contribution in [3.05, 3.63) is 29.2 Å². The van der Waals surface area contributed by atoms with Crippen molar-refractivity contribution in [2.24, 2.45) is 11.8 Å². The third kappa shape index (κ3) is 2.49. The van der Waals surface area contributed by atoms with Crippen molar-refractivity contribution in [3.8, 4) is 0 Å². The molecule has 0 aliphatic heterocycles. The zero-order chi connectivity index (χ0) is 12.3. The second-order valence-electron chi connectivity index (χ2n) is 4.67. The number of allylic oxidation sites excluding steroid dienone is 4. The molecule has 16 heavy (non-hydrogen) atoms. The lowest BCUT2D eigenvalue weighted by Crippen LogP contribution is -2.39. The molecule has 0 amide bonds. The average molecular weight is 260 g/mol. The molecule has 1 aliphatic carbocycles. The molecular weight excluding hydrogens is 239 g/mol. The lowest BCUT2D eigenvalue weighted by molar-refractivity contribution is 0.408. The number of halogens is 2. The lowest BCUT2D eigenvalue weighted by atomic mass is 9.71. The number of hydrogen-bond acceptors (Lipinski definition) is 0. The summed E-state index contributed by atoms with van der Waals surface area (Å²) in [4.78, 5) is -0.393. The van der Waals surface area contributed by atoms with Crippen LogP contribution < -0.4 is 0 Å². The lowest BCUT2D eigenvalue weighted by Gasteiger charge is -2.41. The van der Waals surface area contributed by atoms with Crippen LogP contribution >= 0.6 is 23.2 Å². The molecule has 0 fully saturated rings. The van der Waals surface area contributed by atoms with Gasteiger partial charge in [-0.2, -0.15) is 0 Å². The van der Waals surface area contributed by atoms with Gasteiger partial charge in [0.2, 0.25) is 0 Å². The van der Waals surface area contributed by atoms with Crippen LogP contribution in [-0.4, -0.2) is 4.87 Å². The van der Waals surface area contributed by atoms with Crippen LogP contribution in [0.4, 0.5) is 0 Å². The van der Waals surface area contributed by atoms with Crippen molar-refractivity contribution in [3.63, 3.8) is 0 Å². The van der Waals surface area contributed by atoms with Gasteiger partial charge < -0.3 is 0 Å². The minimum absolute atomic E-state index is 0.393. The van der Waals surface area contributed by atoms with Gasteiger partial charge in [0.25, 0.3) is 0 Å². The fourth-order valence-electron chi connectivity index (χ4n) is 2.18. The highest BCUT2D eigenvalue weighted by molar-refractivity contribution is 6.35. The summed E-state index contributed by atoms with van der Waals surface area (Å²) in [6.45, 7) is 8.73. The highest BCUT2D eigenvalue weighted by atomic mass is 35.5. The Kier molecular flexibility index (Phi) is 4.94. The van der Waals surface area contributed by atoms with Crippen molar-refractivity contribution in [1.29, 1.82) is 0 Å². The van der Waals surface area contributed by atoms with E-state index in [4.69, 9.17) is 23.2 Å². The molecule has 1 rings (SSSR count). The molecule has 0 saturated heterocycles. The quantitative estimate of drug-likeness (QED) is 0.600. The molecule has 0 heterocycles. The molecule has 1 radical (unpaired) electrons. The van der Waals surface area contributed by atoms with Crippen LogP contribution in [0.1, 0.15) is 40.5 Å². The maximum absolute atomic E-state index is 6.81. The molecule has 0 saturated carbocycles. The number of alkyl halides is 1. The van der Waals surface area contributed by atoms with Crippen LogP contribution in [0.2, 0.25) is 0 Å². The fourth-order valence-corrected chi connectivity index (χ4v) is 3.16. The van der Waals surface area contributed by atoms with E-state index in [0.717, 1.165) is 17.9 Å². The molecule has 0 aromatic carbocycles. The Bertz CT molecular complexity index is 293. The van der Waals surface area contributed by atoms with Crippen LogP contribution in [0, 0.1) is 17.8 Å². The molecule has 1 aliphatic rings. The maximum atomic E-state index is 6.81. The van der Waals surface area contributed by atoms with E-state index < -0.39 is 4.87 Å². The van der Waals surface area contributed by atoms with E-state index in [2.05, 4.69) is 33.8 Å². The van der Waals surface area contributed by atoms with Crippen LogP contribution in [0.5, 0.6) is 0 Å². The Labute approximate surface area is 110 Å². The Balaban J connectivity index is 3.07. The smallest absolute Gasteiger partial charge is 0.0771 e. The standard InChI is InChI=1S/C14H21Cl2/c1-5-10(3)13-12(15)8-7-9-14(13,16)11(4)6-2/h7-11H,5-6H2,1-4H3. The summed E-state index contributed by atoms with van der Waals surface area (Å²) in [7, 11) is 0. The van der Waals surface area contributed by atoms with Crippen molar-refractivity contribution in [2.45, 2.75) is 45.4 Å². The molecule has 0 N–H and O–H groups in total. The van der Waals surface area contributed by atoms with Crippen LogP contribution in [0.3, 0.4) is 0 Å². The first-order valence-corrected chi connectivity index (χ1v) is 6.84. The highest BCUT2D eigenvalue weighted by Gasteiger charge is 2.44. The van der Waals surface area contributed by atoms with E-state index in [9.17, 15) is 0 Å². The average Bonchev–Trinajstić information content (AvgIpc) is 2.27. The van der Waals surface area contributed by atoms with E-state index in [1.807, 2.05) is 12.2 Å². The summed E-state index contributed by atoms with van der Waals surface area (Å²) < 4.78 is 0. The van der Waals surface area contributed by atoms with Gasteiger partial charge in [-0.05, 0) is 17.9 Å². The second kappa shape index (κ2) is 5.60. The number of hydrogen-bond donors (Lipinski definition) is 0. The van der Waals surface area contributed by atoms with Crippen molar-refractivity contribution < 1.29 is 0 Å². The predicted molar refractivity (Wildman–Crippen MR) is 73.8 cm³/mol. The molecule has 0 aromatic heterocycles. The summed E-state index contributed by atoms with van der Waals surface area (Å²) in [6, 6.07) is 0. The van der Waals surface area contributed by atoms with Crippen LogP contribution in [0.25, 0.3) is 0 Å². The van der Waals surface area contributed by atoms with Gasteiger partial charge in [-0.1, -0.05) is 64.3 Å². The number of rotatable bonds is 4. The van der Waals surface area contributed by atoms with Gasteiger partial charge >= 0.3 is 0 Å². The zero-order valence-corrected chi connectivity index (χ0v) is 12.1. The summed E-state index contributed by atoms with van der Waals surface area (Å²) in [5, 5.41) is 0.826. The SMILES string of the molecule is CCC(C)[C]1C(Cl)=CC=CC1(Cl)C(C)CC.